The van der Waals surface area contributed by atoms with Gasteiger partial charge in [0.1, 0.15) is 16.7 Å². The second kappa shape index (κ2) is 8.43. The Bertz CT molecular complexity index is 1000. The van der Waals surface area contributed by atoms with Crippen LogP contribution in [0.5, 0.6) is 0 Å². The van der Waals surface area contributed by atoms with Crippen molar-refractivity contribution in [2.24, 2.45) is 0 Å². The van der Waals surface area contributed by atoms with Gasteiger partial charge in [-0.2, -0.15) is 16.6 Å². The van der Waals surface area contributed by atoms with Crippen LogP contribution in [0, 0.1) is 18.3 Å². The van der Waals surface area contributed by atoms with Crippen molar-refractivity contribution in [1.82, 2.24) is 9.71 Å². The second-order valence-corrected chi connectivity index (χ2v) is 8.74. The monoisotopic (exact) mass is 416 g/mol. The molecule has 9 heteroatoms. The van der Waals surface area contributed by atoms with E-state index >= 15 is 0 Å². The van der Waals surface area contributed by atoms with Crippen LogP contribution in [0.2, 0.25) is 0 Å². The number of amides is 1. The molecule has 0 aliphatic rings. The van der Waals surface area contributed by atoms with Crippen LogP contribution in [-0.4, -0.2) is 21.4 Å². The summed E-state index contributed by atoms with van der Waals surface area (Å²) in [6, 6.07) is 11.4. The van der Waals surface area contributed by atoms with E-state index in [0.717, 1.165) is 16.1 Å². The molecule has 27 heavy (non-hydrogen) atoms. The van der Waals surface area contributed by atoms with Crippen molar-refractivity contribution in [2.45, 2.75) is 13.5 Å². The molecule has 2 aromatic heterocycles. The molecule has 0 saturated heterocycles. The van der Waals surface area contributed by atoms with Gasteiger partial charge < -0.3 is 4.90 Å². The van der Waals surface area contributed by atoms with Crippen molar-refractivity contribution in [2.75, 3.05) is 11.2 Å². The fourth-order valence-corrected chi connectivity index (χ4v) is 4.38. The molecule has 2 heterocycles. The Balaban J connectivity index is 1.98. The van der Waals surface area contributed by atoms with Gasteiger partial charge in [0, 0.05) is 16.8 Å². The van der Waals surface area contributed by atoms with E-state index in [-0.39, 0.29) is 5.69 Å². The van der Waals surface area contributed by atoms with Crippen LogP contribution in [0.25, 0.3) is 0 Å². The van der Waals surface area contributed by atoms with Crippen molar-refractivity contribution >= 4 is 50.4 Å². The van der Waals surface area contributed by atoms with Gasteiger partial charge in [-0.05, 0) is 53.6 Å². The third-order valence-corrected chi connectivity index (χ3v) is 5.90. The van der Waals surface area contributed by atoms with Gasteiger partial charge in [0.25, 0.3) is 5.91 Å². The van der Waals surface area contributed by atoms with E-state index in [9.17, 15) is 9.00 Å². The molecule has 138 valence electrons. The lowest BCUT2D eigenvalue weighted by atomic mass is 10.2. The highest BCUT2D eigenvalue weighted by molar-refractivity contribution is 7.82. The van der Waals surface area contributed by atoms with E-state index in [1.165, 1.54) is 17.6 Å². The minimum atomic E-state index is -1.45. The van der Waals surface area contributed by atoms with Gasteiger partial charge in [-0.1, -0.05) is 0 Å². The molecule has 0 radical (unpaired) electrons. The molecule has 3 rings (SSSR count). The van der Waals surface area contributed by atoms with Gasteiger partial charge in [-0.3, -0.25) is 9.52 Å². The van der Waals surface area contributed by atoms with Crippen LogP contribution in [0.15, 0.2) is 41.1 Å². The molecular formula is C18H16N4O2S3. The highest BCUT2D eigenvalue weighted by atomic mass is 32.2. The Kier molecular flexibility index (Phi) is 6.01. The lowest BCUT2D eigenvalue weighted by molar-refractivity contribution is 0.0978. The van der Waals surface area contributed by atoms with Crippen molar-refractivity contribution in [3.05, 3.63) is 62.8 Å². The molecule has 1 amide bonds. The highest BCUT2D eigenvalue weighted by Crippen LogP contribution is 2.33. The van der Waals surface area contributed by atoms with E-state index < -0.39 is 16.9 Å². The van der Waals surface area contributed by atoms with Crippen LogP contribution in [0.4, 0.5) is 10.8 Å². The van der Waals surface area contributed by atoms with Crippen molar-refractivity contribution in [3.63, 3.8) is 0 Å². The molecule has 6 nitrogen and oxygen atoms in total. The Morgan fingerprint density at radius 3 is 2.67 bits per heavy atom. The Morgan fingerprint density at radius 1 is 1.33 bits per heavy atom. The normalized spacial score (nSPS) is 11.6. The van der Waals surface area contributed by atoms with Crippen molar-refractivity contribution < 1.29 is 9.00 Å². The third kappa shape index (κ3) is 4.60. The number of aryl methyl sites for hydroxylation is 1. The molecule has 0 bridgehead atoms. The second-order valence-electron chi connectivity index (χ2n) is 5.66. The van der Waals surface area contributed by atoms with Gasteiger partial charge in [-0.25, -0.2) is 9.19 Å². The summed E-state index contributed by atoms with van der Waals surface area (Å²) in [6.07, 6.45) is 1.40. The van der Waals surface area contributed by atoms with Gasteiger partial charge in [0.05, 0.1) is 18.2 Å². The Labute approximate surface area is 167 Å². The fraction of sp³-hybridized carbons (Fsp3) is 0.167. The third-order valence-electron chi connectivity index (χ3n) is 3.70. The molecule has 0 aliphatic carbocycles. The molecule has 0 spiro atoms. The first-order valence-electron chi connectivity index (χ1n) is 7.88. The maximum atomic E-state index is 12.2. The highest BCUT2D eigenvalue weighted by Gasteiger charge is 2.21. The number of nitriles is 1. The van der Waals surface area contributed by atoms with Gasteiger partial charge in [-0.15, -0.1) is 11.3 Å². The van der Waals surface area contributed by atoms with Crippen molar-refractivity contribution in [1.29, 1.82) is 5.26 Å². The molecule has 0 fully saturated rings. The maximum absolute atomic E-state index is 12.2. The number of anilines is 2. The standard InChI is InChI=1S/C18H16N4O2S3/c1-12-16(17(23)21-27(2)24)20-18(26-12)22(10-14-7-8-25-11-14)15-5-3-13(9-19)4-6-15/h3-8,11H,10H2,1-2H3,(H,21,23). The summed E-state index contributed by atoms with van der Waals surface area (Å²) in [7, 11) is -1.45. The van der Waals surface area contributed by atoms with Gasteiger partial charge in [0.15, 0.2) is 5.13 Å². The van der Waals surface area contributed by atoms with E-state index in [1.54, 1.807) is 23.5 Å². The minimum absolute atomic E-state index is 0.272. The fourth-order valence-electron chi connectivity index (χ4n) is 2.44. The quantitative estimate of drug-likeness (QED) is 0.661. The topological polar surface area (TPSA) is 86.1 Å². The number of aromatic nitrogens is 1. The van der Waals surface area contributed by atoms with Crippen LogP contribution in [0.3, 0.4) is 0 Å². The number of hydrogen-bond donors (Lipinski definition) is 1. The predicted molar refractivity (Wildman–Crippen MR) is 110 cm³/mol. The van der Waals surface area contributed by atoms with Gasteiger partial charge in [0.2, 0.25) is 0 Å². The first-order valence-corrected chi connectivity index (χ1v) is 11.2. The summed E-state index contributed by atoms with van der Waals surface area (Å²) in [4.78, 5) is 19.5. The first-order chi connectivity index (χ1) is 13.0. The lowest BCUT2D eigenvalue weighted by Gasteiger charge is -2.21. The maximum Gasteiger partial charge on any atom is 0.282 e. The largest absolute Gasteiger partial charge is 0.313 e. The van der Waals surface area contributed by atoms with E-state index in [1.807, 2.05) is 35.4 Å². The average molecular weight is 417 g/mol. The summed E-state index contributed by atoms with van der Waals surface area (Å²) in [6.45, 7) is 2.40. The van der Waals surface area contributed by atoms with Gasteiger partial charge >= 0.3 is 0 Å². The van der Waals surface area contributed by atoms with E-state index in [0.29, 0.717) is 17.2 Å². The number of hydrogen-bond acceptors (Lipinski definition) is 7. The number of nitrogens with zero attached hydrogens (tertiary/aromatic N) is 3. The van der Waals surface area contributed by atoms with E-state index in [4.69, 9.17) is 5.26 Å². The number of carbonyl (C=O) groups is 1. The molecule has 1 N–H and O–H groups in total. The molecule has 1 unspecified atom stereocenters. The average Bonchev–Trinajstić information content (AvgIpc) is 3.28. The Morgan fingerprint density at radius 2 is 2.07 bits per heavy atom. The van der Waals surface area contributed by atoms with Crippen LogP contribution in [0.1, 0.15) is 26.5 Å². The number of thiazole rings is 1. The molecule has 3 aromatic rings. The summed E-state index contributed by atoms with van der Waals surface area (Å²) < 4.78 is 13.7. The summed E-state index contributed by atoms with van der Waals surface area (Å²) >= 11 is 3.01. The smallest absolute Gasteiger partial charge is 0.282 e. The van der Waals surface area contributed by atoms with E-state index in [2.05, 4.69) is 21.2 Å². The Hall–Kier alpha value is -2.54. The number of rotatable bonds is 6. The number of carbonyl (C=O) groups excluding carboxylic acids is 1. The molecular weight excluding hydrogens is 400 g/mol. The first kappa shape index (κ1) is 19.2. The predicted octanol–water partition coefficient (Wildman–Crippen LogP) is 3.75. The summed E-state index contributed by atoms with van der Waals surface area (Å²) in [5.41, 5.74) is 2.85. The zero-order valence-electron chi connectivity index (χ0n) is 14.6. The van der Waals surface area contributed by atoms with Crippen LogP contribution < -0.4 is 9.62 Å². The summed E-state index contributed by atoms with van der Waals surface area (Å²) in [5.74, 6) is -0.453. The van der Waals surface area contributed by atoms with Crippen molar-refractivity contribution in [3.8, 4) is 6.07 Å². The number of benzene rings is 1. The van der Waals surface area contributed by atoms with Crippen LogP contribution in [-0.2, 0) is 17.5 Å². The zero-order chi connectivity index (χ0) is 19.4. The molecule has 0 saturated carbocycles. The minimum Gasteiger partial charge on any atom is -0.313 e. The molecule has 0 aliphatic heterocycles. The molecule has 1 atom stereocenters. The number of nitrogens with one attached hydrogen (secondary N) is 1. The van der Waals surface area contributed by atoms with Crippen LogP contribution >= 0.6 is 22.7 Å². The molecule has 1 aromatic carbocycles. The summed E-state index contributed by atoms with van der Waals surface area (Å²) in [5, 5.41) is 13.8. The number of thiophene rings is 1. The SMILES string of the molecule is Cc1sc(N(Cc2ccsc2)c2ccc(C#N)cc2)nc1C(=O)NS(C)=O. The lowest BCUT2D eigenvalue weighted by Crippen LogP contribution is -2.25. The zero-order valence-corrected chi connectivity index (χ0v) is 17.1.